The molecule has 0 spiro atoms. The predicted molar refractivity (Wildman–Crippen MR) is 134 cm³/mol. The van der Waals surface area contributed by atoms with E-state index >= 15 is 0 Å². The molecule has 0 bridgehead atoms. The van der Waals surface area contributed by atoms with Crippen LogP contribution in [-0.4, -0.2) is 59.8 Å². The molecule has 182 valence electrons. The molecule has 1 atom stereocenters. The molecule has 1 heterocycles. The van der Waals surface area contributed by atoms with Crippen LogP contribution in [0.25, 0.3) is 11.3 Å². The van der Waals surface area contributed by atoms with Crippen LogP contribution in [0.1, 0.15) is 18.4 Å². The van der Waals surface area contributed by atoms with E-state index in [1.54, 1.807) is 18.9 Å². The molecule has 0 radical (unpaired) electrons. The molecule has 0 saturated carbocycles. The Kier molecular flexibility index (Phi) is 9.70. The molecular weight excluding hydrogens is 430 g/mol. The van der Waals surface area contributed by atoms with Crippen molar-refractivity contribution in [2.24, 2.45) is 7.05 Å². The second-order valence-electron chi connectivity index (χ2n) is 8.15. The van der Waals surface area contributed by atoms with Gasteiger partial charge >= 0.3 is 0 Å². The average Bonchev–Trinajstić information content (AvgIpc) is 3.16. The van der Waals surface area contributed by atoms with Crippen LogP contribution < -0.4 is 9.47 Å². The largest absolute Gasteiger partial charge is 0.497 e. The maximum Gasteiger partial charge on any atom is 0.222 e. The maximum absolute atomic E-state index is 10.6. The zero-order valence-corrected chi connectivity index (χ0v) is 20.3. The van der Waals surface area contributed by atoms with Crippen molar-refractivity contribution in [3.8, 4) is 28.6 Å². The van der Waals surface area contributed by atoms with Crippen LogP contribution in [-0.2, 0) is 18.3 Å². The Hall–Kier alpha value is -3.13. The third-order valence-corrected chi connectivity index (χ3v) is 5.58. The van der Waals surface area contributed by atoms with Crippen molar-refractivity contribution in [3.63, 3.8) is 0 Å². The minimum Gasteiger partial charge on any atom is -0.497 e. The predicted octanol–water partition coefficient (Wildman–Crippen LogP) is 4.66. The van der Waals surface area contributed by atoms with E-state index in [1.807, 2.05) is 67.7 Å². The van der Waals surface area contributed by atoms with Crippen LogP contribution in [0.2, 0.25) is 0 Å². The number of aliphatic hydroxyl groups is 1. The Morgan fingerprint density at radius 3 is 2.44 bits per heavy atom. The second-order valence-corrected chi connectivity index (χ2v) is 8.15. The Morgan fingerprint density at radius 1 is 1.09 bits per heavy atom. The van der Waals surface area contributed by atoms with Crippen LogP contribution >= 0.6 is 0 Å². The van der Waals surface area contributed by atoms with E-state index in [0.29, 0.717) is 44.3 Å². The van der Waals surface area contributed by atoms with Crippen LogP contribution in [0.5, 0.6) is 17.4 Å². The van der Waals surface area contributed by atoms with E-state index < -0.39 is 6.10 Å². The Bertz CT molecular complexity index is 1020. The molecule has 1 unspecified atom stereocenters. The second kappa shape index (κ2) is 12.9. The topological polar surface area (TPSA) is 69.0 Å². The molecule has 0 fully saturated rings. The third-order valence-electron chi connectivity index (χ3n) is 5.58. The number of aromatic nitrogens is 2. The summed E-state index contributed by atoms with van der Waals surface area (Å²) in [5, 5.41) is 15.4. The van der Waals surface area contributed by atoms with E-state index in [2.05, 4.69) is 11.5 Å². The number of hydrogen-bond acceptors (Lipinski definition) is 6. The van der Waals surface area contributed by atoms with Gasteiger partial charge in [-0.25, -0.2) is 4.68 Å². The van der Waals surface area contributed by atoms with Crippen LogP contribution in [0.15, 0.2) is 67.3 Å². The van der Waals surface area contributed by atoms with Crippen molar-refractivity contribution in [1.82, 2.24) is 14.7 Å². The molecule has 2 aromatic carbocycles. The van der Waals surface area contributed by atoms with Crippen LogP contribution in [0.3, 0.4) is 0 Å². The first-order valence-corrected chi connectivity index (χ1v) is 11.5. The van der Waals surface area contributed by atoms with Gasteiger partial charge in [-0.3, -0.25) is 4.90 Å². The lowest BCUT2D eigenvalue weighted by Gasteiger charge is -2.25. The number of rotatable bonds is 14. The Balaban J connectivity index is 1.95. The first kappa shape index (κ1) is 25.5. The molecule has 0 aliphatic carbocycles. The molecule has 0 amide bonds. The van der Waals surface area contributed by atoms with Crippen molar-refractivity contribution in [2.45, 2.75) is 25.5 Å². The molecule has 0 aliphatic heterocycles. The van der Waals surface area contributed by atoms with E-state index in [0.717, 1.165) is 29.0 Å². The van der Waals surface area contributed by atoms with Gasteiger partial charge in [-0.15, -0.1) is 6.58 Å². The molecule has 1 aromatic heterocycles. The highest BCUT2D eigenvalue weighted by atomic mass is 16.5. The first-order chi connectivity index (χ1) is 16.5. The zero-order chi connectivity index (χ0) is 24.3. The van der Waals surface area contributed by atoms with Crippen molar-refractivity contribution >= 4 is 0 Å². The summed E-state index contributed by atoms with van der Waals surface area (Å²) in [5.41, 5.74) is 2.82. The highest BCUT2D eigenvalue weighted by Crippen LogP contribution is 2.34. The molecule has 3 aromatic rings. The zero-order valence-electron chi connectivity index (χ0n) is 20.3. The fraction of sp³-hybridized carbons (Fsp3) is 0.370. The molecule has 0 saturated heterocycles. The monoisotopic (exact) mass is 465 g/mol. The summed E-state index contributed by atoms with van der Waals surface area (Å²) in [5.74, 6) is 2.12. The number of aryl methyl sites for hydroxylation is 1. The van der Waals surface area contributed by atoms with Gasteiger partial charge in [-0.2, -0.15) is 5.10 Å². The Labute approximate surface area is 202 Å². The van der Waals surface area contributed by atoms with Gasteiger partial charge in [0.05, 0.1) is 25.4 Å². The van der Waals surface area contributed by atoms with Gasteiger partial charge in [0.15, 0.2) is 0 Å². The van der Waals surface area contributed by atoms with Crippen LogP contribution in [0, 0.1) is 0 Å². The summed E-state index contributed by atoms with van der Waals surface area (Å²) in [6.07, 6.45) is 2.81. The lowest BCUT2D eigenvalue weighted by atomic mass is 10.1. The van der Waals surface area contributed by atoms with Crippen molar-refractivity contribution < 1.29 is 19.3 Å². The fourth-order valence-electron chi connectivity index (χ4n) is 3.78. The van der Waals surface area contributed by atoms with Gasteiger partial charge in [0, 0.05) is 39.4 Å². The number of hydrogen-bond donors (Lipinski definition) is 1. The minimum absolute atomic E-state index is 0.461. The van der Waals surface area contributed by atoms with Crippen molar-refractivity contribution in [2.75, 3.05) is 33.9 Å². The maximum atomic E-state index is 10.6. The summed E-state index contributed by atoms with van der Waals surface area (Å²) in [7, 11) is 5.20. The normalized spacial score (nSPS) is 12.0. The number of benzene rings is 2. The highest BCUT2D eigenvalue weighted by Gasteiger charge is 2.23. The summed E-state index contributed by atoms with van der Waals surface area (Å²) < 4.78 is 18.7. The highest BCUT2D eigenvalue weighted by molar-refractivity contribution is 5.65. The average molecular weight is 466 g/mol. The third kappa shape index (κ3) is 6.93. The summed E-state index contributed by atoms with van der Waals surface area (Å²) in [4.78, 5) is 2.18. The van der Waals surface area contributed by atoms with Gasteiger partial charge < -0.3 is 19.3 Å². The number of aliphatic hydroxyl groups excluding tert-OH is 1. The number of methoxy groups -OCH3 is 2. The quantitative estimate of drug-likeness (QED) is 0.349. The van der Waals surface area contributed by atoms with Crippen molar-refractivity contribution in [3.05, 3.63) is 72.8 Å². The number of nitrogens with zero attached hydrogens (tertiary/aromatic N) is 3. The fourth-order valence-corrected chi connectivity index (χ4v) is 3.78. The molecule has 7 nitrogen and oxygen atoms in total. The standard InChI is InChI=1S/C27H35N3O4/c1-5-6-12-22(31)19-30(17-18-32-3)20-25-26(21-10-8-7-9-11-21)28-29(2)27(25)34-24-15-13-23(33-4)14-16-24/h5,7-11,13-16,22,31H,1,6,12,17-20H2,2-4H3. The van der Waals surface area contributed by atoms with E-state index in [9.17, 15) is 5.11 Å². The van der Waals surface area contributed by atoms with Gasteiger partial charge in [0.25, 0.3) is 0 Å². The lowest BCUT2D eigenvalue weighted by molar-refractivity contribution is 0.0806. The molecule has 3 rings (SSSR count). The molecule has 34 heavy (non-hydrogen) atoms. The van der Waals surface area contributed by atoms with Gasteiger partial charge in [0.2, 0.25) is 5.88 Å². The van der Waals surface area contributed by atoms with E-state index in [4.69, 9.17) is 19.3 Å². The first-order valence-electron chi connectivity index (χ1n) is 11.5. The minimum atomic E-state index is -0.461. The molecule has 1 N–H and O–H groups in total. The van der Waals surface area contributed by atoms with Crippen LogP contribution in [0.4, 0.5) is 0 Å². The number of ether oxygens (including phenoxy) is 3. The lowest BCUT2D eigenvalue weighted by Crippen LogP contribution is -2.34. The summed E-state index contributed by atoms with van der Waals surface area (Å²) in [6.45, 7) is 6.06. The molecular formula is C27H35N3O4. The van der Waals surface area contributed by atoms with E-state index in [1.165, 1.54) is 0 Å². The van der Waals surface area contributed by atoms with Gasteiger partial charge in [-0.05, 0) is 37.1 Å². The van der Waals surface area contributed by atoms with Gasteiger partial charge in [-0.1, -0.05) is 36.4 Å². The molecule has 0 aliphatic rings. The summed E-state index contributed by atoms with van der Waals surface area (Å²) in [6, 6.07) is 17.6. The SMILES string of the molecule is C=CCCC(O)CN(CCOC)Cc1c(-c2ccccc2)nn(C)c1Oc1ccc(OC)cc1. The number of allylic oxidation sites excluding steroid dienone is 1. The summed E-state index contributed by atoms with van der Waals surface area (Å²) >= 11 is 0. The van der Waals surface area contributed by atoms with Crippen molar-refractivity contribution in [1.29, 1.82) is 0 Å². The smallest absolute Gasteiger partial charge is 0.222 e. The van der Waals surface area contributed by atoms with Gasteiger partial charge in [0.1, 0.15) is 17.2 Å². The molecule has 7 heteroatoms. The van der Waals surface area contributed by atoms with E-state index in [-0.39, 0.29) is 0 Å². The Morgan fingerprint density at radius 2 is 1.79 bits per heavy atom.